The number of urea groups is 1. The van der Waals surface area contributed by atoms with E-state index in [0.29, 0.717) is 6.54 Å². The number of benzene rings is 2. The molecule has 0 saturated carbocycles. The number of amides is 3. The van der Waals surface area contributed by atoms with E-state index in [1.165, 1.54) is 0 Å². The summed E-state index contributed by atoms with van der Waals surface area (Å²) in [5, 5.41) is 5.66. The number of carbonyl (C=O) groups is 2. The third kappa shape index (κ3) is 4.09. The minimum atomic E-state index is -0.306. The Bertz CT molecular complexity index is 774. The zero-order valence-corrected chi connectivity index (χ0v) is 14.3. The molecule has 1 fully saturated rings. The molecule has 0 spiro atoms. The molecule has 3 amide bonds. The number of ether oxygens (including phenoxy) is 1. The van der Waals surface area contributed by atoms with Gasteiger partial charge in [0.25, 0.3) is 0 Å². The molecular weight excluding hydrogens is 318 g/mol. The zero-order chi connectivity index (χ0) is 17.8. The number of nitrogens with one attached hydrogen (secondary N) is 2. The molecule has 130 valence electrons. The first-order valence-electron chi connectivity index (χ1n) is 8.14. The normalized spacial score (nSPS) is 16.6. The van der Waals surface area contributed by atoms with Crippen molar-refractivity contribution in [3.05, 3.63) is 54.1 Å². The molecule has 2 N–H and O–H groups in total. The van der Waals surface area contributed by atoms with E-state index in [1.54, 1.807) is 12.0 Å². The van der Waals surface area contributed by atoms with E-state index in [-0.39, 0.29) is 24.4 Å². The van der Waals surface area contributed by atoms with Gasteiger partial charge in [-0.15, -0.1) is 0 Å². The lowest BCUT2D eigenvalue weighted by molar-refractivity contribution is -0.117. The molecule has 0 aromatic heterocycles. The highest BCUT2D eigenvalue weighted by Crippen LogP contribution is 2.24. The summed E-state index contributed by atoms with van der Waals surface area (Å²) in [5.41, 5.74) is 2.60. The van der Waals surface area contributed by atoms with Gasteiger partial charge in [-0.05, 0) is 48.9 Å². The van der Waals surface area contributed by atoms with E-state index in [9.17, 15) is 9.59 Å². The summed E-state index contributed by atoms with van der Waals surface area (Å²) in [7, 11) is 1.60. The minimum absolute atomic E-state index is 0.00831. The Morgan fingerprint density at radius 3 is 2.64 bits per heavy atom. The first-order valence-corrected chi connectivity index (χ1v) is 8.14. The summed E-state index contributed by atoms with van der Waals surface area (Å²) in [4.78, 5) is 26.1. The van der Waals surface area contributed by atoms with E-state index in [2.05, 4.69) is 10.6 Å². The standard InChI is InChI=1S/C19H21N3O3/c1-13-4-3-5-14(10-13)20-19(24)21-15-11-18(23)22(12-15)16-6-8-17(25-2)9-7-16/h3-10,15H,11-12H2,1-2H3,(H2,20,21,24)/t15-/m0/s1. The van der Waals surface area contributed by atoms with Crippen LogP contribution in [0.5, 0.6) is 5.75 Å². The second kappa shape index (κ2) is 7.25. The molecule has 1 aliphatic rings. The monoisotopic (exact) mass is 339 g/mol. The number of rotatable bonds is 4. The average Bonchev–Trinajstić information content (AvgIpc) is 2.95. The van der Waals surface area contributed by atoms with E-state index < -0.39 is 0 Å². The van der Waals surface area contributed by atoms with Crippen LogP contribution in [0.15, 0.2) is 48.5 Å². The Morgan fingerprint density at radius 2 is 1.96 bits per heavy atom. The highest BCUT2D eigenvalue weighted by Gasteiger charge is 2.31. The predicted molar refractivity (Wildman–Crippen MR) is 97.1 cm³/mol. The minimum Gasteiger partial charge on any atom is -0.497 e. The van der Waals surface area contributed by atoms with Crippen molar-refractivity contribution in [3.8, 4) is 5.75 Å². The Balaban J connectivity index is 1.59. The summed E-state index contributed by atoms with van der Waals surface area (Å²) < 4.78 is 5.13. The van der Waals surface area contributed by atoms with Crippen molar-refractivity contribution < 1.29 is 14.3 Å². The average molecular weight is 339 g/mol. The number of aryl methyl sites for hydroxylation is 1. The van der Waals surface area contributed by atoms with E-state index in [1.807, 2.05) is 55.5 Å². The van der Waals surface area contributed by atoms with Crippen LogP contribution >= 0.6 is 0 Å². The zero-order valence-electron chi connectivity index (χ0n) is 14.3. The van der Waals surface area contributed by atoms with Gasteiger partial charge in [-0.25, -0.2) is 4.79 Å². The number of hydrogen-bond acceptors (Lipinski definition) is 3. The number of nitrogens with zero attached hydrogens (tertiary/aromatic N) is 1. The Morgan fingerprint density at radius 1 is 1.20 bits per heavy atom. The first kappa shape index (κ1) is 16.8. The molecule has 6 nitrogen and oxygen atoms in total. The Hall–Kier alpha value is -3.02. The maximum Gasteiger partial charge on any atom is 0.319 e. The molecule has 6 heteroatoms. The molecule has 1 atom stereocenters. The summed E-state index contributed by atoms with van der Waals surface area (Å²) in [6.07, 6.45) is 0.285. The molecule has 0 radical (unpaired) electrons. The number of hydrogen-bond donors (Lipinski definition) is 2. The fourth-order valence-electron chi connectivity index (χ4n) is 2.89. The number of anilines is 2. The van der Waals surface area contributed by atoms with Gasteiger partial charge in [0, 0.05) is 24.3 Å². The van der Waals surface area contributed by atoms with Gasteiger partial charge >= 0.3 is 6.03 Å². The molecular formula is C19H21N3O3. The van der Waals surface area contributed by atoms with E-state index >= 15 is 0 Å². The van der Waals surface area contributed by atoms with Crippen LogP contribution in [-0.4, -0.2) is 31.6 Å². The predicted octanol–water partition coefficient (Wildman–Crippen LogP) is 2.93. The van der Waals surface area contributed by atoms with Crippen molar-refractivity contribution in [2.24, 2.45) is 0 Å². The van der Waals surface area contributed by atoms with Crippen LogP contribution in [0.25, 0.3) is 0 Å². The van der Waals surface area contributed by atoms with Crippen LogP contribution in [0.3, 0.4) is 0 Å². The first-order chi connectivity index (χ1) is 12.0. The van der Waals surface area contributed by atoms with Crippen LogP contribution < -0.4 is 20.3 Å². The highest BCUT2D eigenvalue weighted by atomic mass is 16.5. The molecule has 0 bridgehead atoms. The summed E-state index contributed by atoms with van der Waals surface area (Å²) in [5.74, 6) is 0.730. The van der Waals surface area contributed by atoms with Crippen LogP contribution in [-0.2, 0) is 4.79 Å². The van der Waals surface area contributed by atoms with Crippen molar-refractivity contribution in [1.29, 1.82) is 0 Å². The second-order valence-electron chi connectivity index (χ2n) is 6.07. The fourth-order valence-corrected chi connectivity index (χ4v) is 2.89. The van der Waals surface area contributed by atoms with Gasteiger partial charge in [0.15, 0.2) is 0 Å². The Kier molecular flexibility index (Phi) is 4.88. The third-order valence-electron chi connectivity index (χ3n) is 4.12. The van der Waals surface area contributed by atoms with Crippen LogP contribution in [0.4, 0.5) is 16.2 Å². The highest BCUT2D eigenvalue weighted by molar-refractivity contribution is 5.97. The smallest absolute Gasteiger partial charge is 0.319 e. The van der Waals surface area contributed by atoms with Crippen LogP contribution in [0, 0.1) is 6.92 Å². The van der Waals surface area contributed by atoms with Crippen LogP contribution in [0.2, 0.25) is 0 Å². The lowest BCUT2D eigenvalue weighted by atomic mass is 10.2. The number of carbonyl (C=O) groups excluding carboxylic acids is 2. The summed E-state index contributed by atoms with van der Waals surface area (Å²) in [6, 6.07) is 14.3. The molecule has 0 unspecified atom stereocenters. The molecule has 25 heavy (non-hydrogen) atoms. The fraction of sp³-hybridized carbons (Fsp3) is 0.263. The molecule has 1 saturated heterocycles. The van der Waals surface area contributed by atoms with Crippen molar-refractivity contribution >= 4 is 23.3 Å². The van der Waals surface area contributed by atoms with Crippen molar-refractivity contribution in [2.75, 3.05) is 23.9 Å². The van der Waals surface area contributed by atoms with Crippen molar-refractivity contribution in [2.45, 2.75) is 19.4 Å². The molecule has 1 heterocycles. The molecule has 1 aliphatic heterocycles. The topological polar surface area (TPSA) is 70.7 Å². The van der Waals surface area contributed by atoms with Gasteiger partial charge in [-0.2, -0.15) is 0 Å². The van der Waals surface area contributed by atoms with Gasteiger partial charge in [-0.3, -0.25) is 4.79 Å². The second-order valence-corrected chi connectivity index (χ2v) is 6.07. The third-order valence-corrected chi connectivity index (χ3v) is 4.12. The van der Waals surface area contributed by atoms with Gasteiger partial charge < -0.3 is 20.3 Å². The summed E-state index contributed by atoms with van der Waals surface area (Å²) in [6.45, 7) is 2.41. The molecule has 2 aromatic carbocycles. The maximum absolute atomic E-state index is 12.2. The lowest BCUT2D eigenvalue weighted by Gasteiger charge is -2.18. The lowest BCUT2D eigenvalue weighted by Crippen LogP contribution is -2.39. The van der Waals surface area contributed by atoms with Gasteiger partial charge in [0.1, 0.15) is 5.75 Å². The van der Waals surface area contributed by atoms with Gasteiger partial charge in [0.05, 0.1) is 13.2 Å². The van der Waals surface area contributed by atoms with Gasteiger partial charge in [0.2, 0.25) is 5.91 Å². The number of methoxy groups -OCH3 is 1. The molecule has 2 aromatic rings. The molecule has 0 aliphatic carbocycles. The SMILES string of the molecule is COc1ccc(N2C[C@@H](NC(=O)Nc3cccc(C)c3)CC2=O)cc1. The maximum atomic E-state index is 12.2. The van der Waals surface area contributed by atoms with Crippen LogP contribution in [0.1, 0.15) is 12.0 Å². The van der Waals surface area contributed by atoms with Gasteiger partial charge in [-0.1, -0.05) is 12.1 Å². The van der Waals surface area contributed by atoms with E-state index in [0.717, 1.165) is 22.7 Å². The Labute approximate surface area is 146 Å². The van der Waals surface area contributed by atoms with E-state index in [4.69, 9.17) is 4.74 Å². The molecule has 3 rings (SSSR count). The summed E-state index contributed by atoms with van der Waals surface area (Å²) >= 11 is 0. The quantitative estimate of drug-likeness (QED) is 0.900. The van der Waals surface area contributed by atoms with Crippen molar-refractivity contribution in [3.63, 3.8) is 0 Å². The van der Waals surface area contributed by atoms with Crippen molar-refractivity contribution in [1.82, 2.24) is 5.32 Å². The largest absolute Gasteiger partial charge is 0.497 e.